The Morgan fingerprint density at radius 2 is 2.07 bits per heavy atom. The van der Waals surface area contributed by atoms with Crippen molar-refractivity contribution < 1.29 is 17.6 Å². The molecule has 146 valence electrons. The van der Waals surface area contributed by atoms with Crippen LogP contribution in [0.4, 0.5) is 10.1 Å². The van der Waals surface area contributed by atoms with Crippen LogP contribution in [0.2, 0.25) is 5.02 Å². The van der Waals surface area contributed by atoms with E-state index in [1.54, 1.807) is 7.05 Å². The molecular weight excluding hydrogens is 393 g/mol. The van der Waals surface area contributed by atoms with Crippen molar-refractivity contribution in [2.24, 2.45) is 13.0 Å². The molecule has 1 amide bonds. The number of benzene rings is 1. The van der Waals surface area contributed by atoms with Crippen molar-refractivity contribution in [1.29, 1.82) is 0 Å². The number of aryl methyl sites for hydroxylation is 1. The molecule has 27 heavy (non-hydrogen) atoms. The highest BCUT2D eigenvalue weighted by Gasteiger charge is 2.30. The van der Waals surface area contributed by atoms with Gasteiger partial charge in [0.2, 0.25) is 10.0 Å². The summed E-state index contributed by atoms with van der Waals surface area (Å²) in [6.45, 7) is 2.99. The first-order valence-electron chi connectivity index (χ1n) is 8.61. The number of rotatable bonds is 4. The van der Waals surface area contributed by atoms with Crippen LogP contribution in [-0.4, -0.2) is 36.3 Å². The van der Waals surface area contributed by atoms with E-state index in [4.69, 9.17) is 11.6 Å². The summed E-state index contributed by atoms with van der Waals surface area (Å²) >= 11 is 5.72. The number of nitrogens with zero attached hydrogens (tertiary/aromatic N) is 2. The molecule has 0 bridgehead atoms. The van der Waals surface area contributed by atoms with E-state index in [0.717, 1.165) is 18.9 Å². The zero-order chi connectivity index (χ0) is 19.8. The number of piperidine rings is 1. The Hall–Kier alpha value is -1.90. The fourth-order valence-corrected chi connectivity index (χ4v) is 5.03. The molecule has 9 heteroatoms. The average molecular weight is 414 g/mol. The third kappa shape index (κ3) is 4.17. The first-order valence-corrected chi connectivity index (χ1v) is 10.4. The lowest BCUT2D eigenvalue weighted by Gasteiger charge is -2.29. The van der Waals surface area contributed by atoms with Gasteiger partial charge in [0.25, 0.3) is 5.91 Å². The zero-order valence-corrected chi connectivity index (χ0v) is 16.6. The number of halogens is 2. The van der Waals surface area contributed by atoms with Crippen LogP contribution in [0.25, 0.3) is 0 Å². The molecule has 2 heterocycles. The molecule has 0 radical (unpaired) electrons. The molecule has 1 saturated heterocycles. The van der Waals surface area contributed by atoms with Gasteiger partial charge < -0.3 is 9.88 Å². The normalized spacial score (nSPS) is 18.4. The molecule has 0 unspecified atom stereocenters. The number of hydrogen-bond donors (Lipinski definition) is 1. The molecule has 1 aliphatic rings. The van der Waals surface area contributed by atoms with Gasteiger partial charge >= 0.3 is 0 Å². The Morgan fingerprint density at radius 1 is 1.33 bits per heavy atom. The molecule has 1 fully saturated rings. The SMILES string of the molecule is C[C@H]1CCCN(S(=O)(=O)c2cc(C(=O)Nc3ccc(F)c(Cl)c3)n(C)c2)C1. The van der Waals surface area contributed by atoms with Gasteiger partial charge in [0.05, 0.1) is 5.02 Å². The van der Waals surface area contributed by atoms with Crippen LogP contribution in [0.3, 0.4) is 0 Å². The Labute approximate surface area is 163 Å². The van der Waals surface area contributed by atoms with Crippen molar-refractivity contribution >= 4 is 33.2 Å². The fraction of sp³-hybridized carbons (Fsp3) is 0.389. The van der Waals surface area contributed by atoms with Crippen LogP contribution in [0.15, 0.2) is 35.4 Å². The predicted molar refractivity (Wildman–Crippen MR) is 102 cm³/mol. The van der Waals surface area contributed by atoms with Crippen molar-refractivity contribution in [2.45, 2.75) is 24.7 Å². The van der Waals surface area contributed by atoms with E-state index in [1.807, 2.05) is 6.92 Å². The van der Waals surface area contributed by atoms with E-state index in [0.29, 0.717) is 24.7 Å². The summed E-state index contributed by atoms with van der Waals surface area (Å²) in [6, 6.07) is 5.19. The molecule has 0 saturated carbocycles. The number of carbonyl (C=O) groups is 1. The average Bonchev–Trinajstić information content (AvgIpc) is 3.01. The van der Waals surface area contributed by atoms with Gasteiger partial charge in [-0.05, 0) is 43.0 Å². The second kappa shape index (κ2) is 7.61. The molecule has 1 atom stereocenters. The molecule has 0 aliphatic carbocycles. The van der Waals surface area contributed by atoms with Crippen LogP contribution in [-0.2, 0) is 17.1 Å². The van der Waals surface area contributed by atoms with Gasteiger partial charge in [-0.25, -0.2) is 12.8 Å². The molecule has 1 aromatic heterocycles. The molecule has 6 nitrogen and oxygen atoms in total. The summed E-state index contributed by atoms with van der Waals surface area (Å²) in [7, 11) is -2.05. The van der Waals surface area contributed by atoms with Gasteiger partial charge in [0.15, 0.2) is 0 Å². The van der Waals surface area contributed by atoms with E-state index in [9.17, 15) is 17.6 Å². The third-order valence-electron chi connectivity index (χ3n) is 4.65. The van der Waals surface area contributed by atoms with Crippen LogP contribution in [0, 0.1) is 11.7 Å². The highest BCUT2D eigenvalue weighted by Crippen LogP contribution is 2.25. The molecule has 0 spiro atoms. The van der Waals surface area contributed by atoms with E-state index in [2.05, 4.69) is 5.32 Å². The van der Waals surface area contributed by atoms with Gasteiger partial charge in [-0.15, -0.1) is 0 Å². The number of aromatic nitrogens is 1. The highest BCUT2D eigenvalue weighted by molar-refractivity contribution is 7.89. The van der Waals surface area contributed by atoms with Gasteiger partial charge in [-0.3, -0.25) is 4.79 Å². The summed E-state index contributed by atoms with van der Waals surface area (Å²) in [6.07, 6.45) is 3.27. The highest BCUT2D eigenvalue weighted by atomic mass is 35.5. The smallest absolute Gasteiger partial charge is 0.272 e. The lowest BCUT2D eigenvalue weighted by atomic mass is 10.0. The summed E-state index contributed by atoms with van der Waals surface area (Å²) in [5, 5.41) is 2.49. The van der Waals surface area contributed by atoms with Gasteiger partial charge in [-0.2, -0.15) is 4.31 Å². The maximum absolute atomic E-state index is 13.2. The van der Waals surface area contributed by atoms with Crippen LogP contribution in [0.5, 0.6) is 0 Å². The van der Waals surface area contributed by atoms with Crippen molar-refractivity contribution in [3.05, 3.63) is 47.0 Å². The summed E-state index contributed by atoms with van der Waals surface area (Å²) in [4.78, 5) is 12.6. The number of nitrogens with one attached hydrogen (secondary N) is 1. The number of anilines is 1. The topological polar surface area (TPSA) is 71.4 Å². The third-order valence-corrected chi connectivity index (χ3v) is 6.77. The standard InChI is InChI=1S/C18H21ClFN3O3S/c1-12-4-3-7-23(10-12)27(25,26)14-9-17(22(2)11-14)18(24)21-13-5-6-16(20)15(19)8-13/h5-6,8-9,11-12H,3-4,7,10H2,1-2H3,(H,21,24)/t12-/m0/s1. The Morgan fingerprint density at radius 3 is 2.74 bits per heavy atom. The van der Waals surface area contributed by atoms with Gasteiger partial charge in [0.1, 0.15) is 16.4 Å². The predicted octanol–water partition coefficient (Wildman–Crippen LogP) is 3.49. The lowest BCUT2D eigenvalue weighted by molar-refractivity contribution is 0.101. The maximum atomic E-state index is 13.2. The maximum Gasteiger partial charge on any atom is 0.272 e. The number of amides is 1. The van der Waals surface area contributed by atoms with E-state index < -0.39 is 21.7 Å². The molecule has 1 N–H and O–H groups in total. The van der Waals surface area contributed by atoms with E-state index in [1.165, 1.54) is 33.3 Å². The Kier molecular flexibility index (Phi) is 5.60. The van der Waals surface area contributed by atoms with Gasteiger partial charge in [0, 0.05) is 32.0 Å². The number of carbonyl (C=O) groups excluding carboxylic acids is 1. The van der Waals surface area contributed by atoms with Crippen molar-refractivity contribution in [3.63, 3.8) is 0 Å². The molecule has 1 aromatic carbocycles. The molecule has 1 aliphatic heterocycles. The minimum Gasteiger partial charge on any atom is -0.345 e. The summed E-state index contributed by atoms with van der Waals surface area (Å²) < 4.78 is 41.9. The summed E-state index contributed by atoms with van der Waals surface area (Å²) in [5.74, 6) is -0.783. The first-order chi connectivity index (χ1) is 12.7. The monoisotopic (exact) mass is 413 g/mol. The van der Waals surface area contributed by atoms with Crippen molar-refractivity contribution in [2.75, 3.05) is 18.4 Å². The fourth-order valence-electron chi connectivity index (χ4n) is 3.18. The Balaban J connectivity index is 1.83. The van der Waals surface area contributed by atoms with Gasteiger partial charge in [-0.1, -0.05) is 18.5 Å². The molecular formula is C18H21ClFN3O3S. The molecule has 3 rings (SSSR count). The Bertz CT molecular complexity index is 974. The van der Waals surface area contributed by atoms with E-state index in [-0.39, 0.29) is 15.6 Å². The van der Waals surface area contributed by atoms with Crippen molar-refractivity contribution in [1.82, 2.24) is 8.87 Å². The second-order valence-corrected chi connectivity index (χ2v) is 9.21. The second-order valence-electron chi connectivity index (χ2n) is 6.87. The van der Waals surface area contributed by atoms with Crippen molar-refractivity contribution in [3.8, 4) is 0 Å². The summed E-state index contributed by atoms with van der Waals surface area (Å²) in [5.41, 5.74) is 0.501. The first kappa shape index (κ1) is 19.9. The minimum atomic E-state index is -3.65. The largest absolute Gasteiger partial charge is 0.345 e. The van der Waals surface area contributed by atoms with E-state index >= 15 is 0 Å². The van der Waals surface area contributed by atoms with Crippen LogP contribution in [0.1, 0.15) is 30.3 Å². The van der Waals surface area contributed by atoms with Crippen LogP contribution < -0.4 is 5.32 Å². The lowest BCUT2D eigenvalue weighted by Crippen LogP contribution is -2.38. The quantitative estimate of drug-likeness (QED) is 0.833. The number of sulfonamides is 1. The van der Waals surface area contributed by atoms with Crippen LogP contribution >= 0.6 is 11.6 Å². The minimum absolute atomic E-state index is 0.0846. The zero-order valence-electron chi connectivity index (χ0n) is 15.1. The number of hydrogen-bond acceptors (Lipinski definition) is 3. The molecule has 2 aromatic rings.